The predicted octanol–water partition coefficient (Wildman–Crippen LogP) is 2.99. The number of aromatic nitrogens is 1. The number of rotatable bonds is 1. The molecule has 1 aromatic carbocycles. The van der Waals surface area contributed by atoms with Gasteiger partial charge in [0.1, 0.15) is 0 Å². The van der Waals surface area contributed by atoms with Gasteiger partial charge in [-0.3, -0.25) is 0 Å². The maximum absolute atomic E-state index is 5.39. The fraction of sp³-hybridized carbons (Fsp3) is 0.0833. The van der Waals surface area contributed by atoms with Crippen molar-refractivity contribution in [3.8, 4) is 5.95 Å². The topological polar surface area (TPSA) is 35.3 Å². The second-order valence-corrected chi connectivity index (χ2v) is 3.35. The van der Waals surface area contributed by atoms with Crippen molar-refractivity contribution in [3.63, 3.8) is 0 Å². The van der Waals surface area contributed by atoms with Gasteiger partial charge in [0, 0.05) is 16.8 Å². The van der Waals surface area contributed by atoms with Crippen LogP contribution in [-0.4, -0.2) is 12.1 Å². The van der Waals surface area contributed by atoms with Crippen LogP contribution in [0.15, 0.2) is 40.8 Å². The highest BCUT2D eigenvalue weighted by Gasteiger charge is 2.05. The molecule has 0 N–H and O–H groups in total. The Kier molecular flexibility index (Phi) is 1.65. The fourth-order valence-corrected chi connectivity index (χ4v) is 1.65. The molecule has 0 bridgehead atoms. The Hall–Kier alpha value is -2.03. The highest BCUT2D eigenvalue weighted by Crippen LogP contribution is 2.26. The van der Waals surface area contributed by atoms with E-state index in [1.165, 1.54) is 0 Å². The molecule has 0 radical (unpaired) electrons. The Labute approximate surface area is 86.3 Å². The Balaban J connectivity index is 2.39. The maximum Gasteiger partial charge on any atom is 0.286 e. The van der Waals surface area contributed by atoms with Gasteiger partial charge in [-0.2, -0.15) is 0 Å². The van der Waals surface area contributed by atoms with Crippen LogP contribution in [0.1, 0.15) is 0 Å². The molecule has 0 aliphatic heterocycles. The van der Waals surface area contributed by atoms with E-state index in [1.807, 2.05) is 36.4 Å². The average molecular weight is 199 g/mol. The van der Waals surface area contributed by atoms with Gasteiger partial charge in [-0.05, 0) is 12.1 Å². The smallest absolute Gasteiger partial charge is 0.286 e. The van der Waals surface area contributed by atoms with E-state index in [0.29, 0.717) is 11.7 Å². The molecule has 0 saturated carbocycles. The first-order valence-corrected chi connectivity index (χ1v) is 4.70. The number of fused-ring (bicyclic) bond motifs is 2. The van der Waals surface area contributed by atoms with Crippen LogP contribution in [0.25, 0.3) is 22.0 Å². The van der Waals surface area contributed by atoms with Gasteiger partial charge in [0.25, 0.3) is 5.95 Å². The van der Waals surface area contributed by atoms with Gasteiger partial charge in [0.05, 0.1) is 12.6 Å². The van der Waals surface area contributed by atoms with Crippen LogP contribution in [0.5, 0.6) is 5.95 Å². The minimum absolute atomic E-state index is 0.493. The van der Waals surface area contributed by atoms with E-state index in [0.717, 1.165) is 16.3 Å². The second kappa shape index (κ2) is 2.98. The summed E-state index contributed by atoms with van der Waals surface area (Å²) in [5.74, 6) is 0.493. The first kappa shape index (κ1) is 8.29. The number of pyridine rings is 1. The molecule has 0 fully saturated rings. The van der Waals surface area contributed by atoms with Crippen molar-refractivity contribution in [2.45, 2.75) is 0 Å². The van der Waals surface area contributed by atoms with Gasteiger partial charge in [-0.1, -0.05) is 18.2 Å². The quantitative estimate of drug-likeness (QED) is 0.604. The maximum atomic E-state index is 5.39. The van der Waals surface area contributed by atoms with Crippen molar-refractivity contribution in [1.82, 2.24) is 4.98 Å². The lowest BCUT2D eigenvalue weighted by molar-refractivity contribution is 0.314. The molecule has 3 nitrogen and oxygen atoms in total. The molecule has 2 heterocycles. The van der Waals surface area contributed by atoms with E-state index in [4.69, 9.17) is 9.15 Å². The van der Waals surface area contributed by atoms with E-state index < -0.39 is 0 Å². The Morgan fingerprint density at radius 3 is 2.87 bits per heavy atom. The van der Waals surface area contributed by atoms with E-state index in [9.17, 15) is 0 Å². The van der Waals surface area contributed by atoms with E-state index in [1.54, 1.807) is 7.11 Å². The minimum atomic E-state index is 0.493. The van der Waals surface area contributed by atoms with Gasteiger partial charge in [-0.15, -0.1) is 0 Å². The standard InChI is InChI=1S/C12H9NO2/c1-14-11-7-9-6-8-4-2-3-5-10(8)13-12(9)15-11/h2-7H,1H3. The first-order chi connectivity index (χ1) is 7.36. The lowest BCUT2D eigenvalue weighted by atomic mass is 10.2. The van der Waals surface area contributed by atoms with Gasteiger partial charge >= 0.3 is 0 Å². The molecule has 3 rings (SSSR count). The molecular formula is C12H9NO2. The van der Waals surface area contributed by atoms with Gasteiger partial charge in [0.2, 0.25) is 5.71 Å². The summed E-state index contributed by atoms with van der Waals surface area (Å²) in [6.45, 7) is 0. The van der Waals surface area contributed by atoms with Gasteiger partial charge in [0.15, 0.2) is 0 Å². The van der Waals surface area contributed by atoms with Gasteiger partial charge in [-0.25, -0.2) is 4.98 Å². The summed E-state index contributed by atoms with van der Waals surface area (Å²) in [7, 11) is 1.58. The van der Waals surface area contributed by atoms with Gasteiger partial charge < -0.3 is 9.15 Å². The van der Waals surface area contributed by atoms with Crippen molar-refractivity contribution in [1.29, 1.82) is 0 Å². The number of furan rings is 1. The van der Waals surface area contributed by atoms with Crippen molar-refractivity contribution in [2.24, 2.45) is 0 Å². The molecule has 2 aromatic heterocycles. The van der Waals surface area contributed by atoms with E-state index in [2.05, 4.69) is 4.98 Å². The normalized spacial score (nSPS) is 11.0. The summed E-state index contributed by atoms with van der Waals surface area (Å²) in [4.78, 5) is 4.40. The molecule has 3 heteroatoms. The molecule has 0 spiro atoms. The average Bonchev–Trinajstić information content (AvgIpc) is 2.67. The number of hydrogen-bond donors (Lipinski definition) is 0. The minimum Gasteiger partial charge on any atom is -0.468 e. The molecule has 0 amide bonds. The molecule has 0 unspecified atom stereocenters. The zero-order chi connectivity index (χ0) is 10.3. The molecule has 0 atom stereocenters. The Bertz CT molecular complexity index is 575. The molecule has 15 heavy (non-hydrogen) atoms. The fourth-order valence-electron chi connectivity index (χ4n) is 1.65. The van der Waals surface area contributed by atoms with E-state index in [-0.39, 0.29) is 0 Å². The van der Waals surface area contributed by atoms with Crippen LogP contribution in [-0.2, 0) is 0 Å². The van der Waals surface area contributed by atoms with Crippen molar-refractivity contribution < 1.29 is 9.15 Å². The van der Waals surface area contributed by atoms with Crippen LogP contribution in [0.4, 0.5) is 0 Å². The second-order valence-electron chi connectivity index (χ2n) is 3.35. The molecule has 74 valence electrons. The zero-order valence-corrected chi connectivity index (χ0v) is 8.23. The lowest BCUT2D eigenvalue weighted by Crippen LogP contribution is -1.77. The van der Waals surface area contributed by atoms with Crippen molar-refractivity contribution in [2.75, 3.05) is 7.11 Å². The lowest BCUT2D eigenvalue weighted by Gasteiger charge is -1.94. The Morgan fingerprint density at radius 2 is 2.00 bits per heavy atom. The van der Waals surface area contributed by atoms with Crippen molar-refractivity contribution in [3.05, 3.63) is 36.4 Å². The molecule has 0 saturated heterocycles. The zero-order valence-electron chi connectivity index (χ0n) is 8.23. The summed E-state index contributed by atoms with van der Waals surface area (Å²) in [6.07, 6.45) is 0. The Morgan fingerprint density at radius 1 is 1.13 bits per heavy atom. The van der Waals surface area contributed by atoms with E-state index >= 15 is 0 Å². The SMILES string of the molecule is COc1cc2cc3ccccc3nc2o1. The number of para-hydroxylation sites is 1. The van der Waals surface area contributed by atoms with Crippen molar-refractivity contribution >= 4 is 22.0 Å². The third-order valence-corrected chi connectivity index (χ3v) is 2.39. The summed E-state index contributed by atoms with van der Waals surface area (Å²) >= 11 is 0. The summed E-state index contributed by atoms with van der Waals surface area (Å²) < 4.78 is 10.4. The predicted molar refractivity (Wildman–Crippen MR) is 58.1 cm³/mol. The van der Waals surface area contributed by atoms with Crippen LogP contribution in [0.3, 0.4) is 0 Å². The number of methoxy groups -OCH3 is 1. The van der Waals surface area contributed by atoms with Crippen LogP contribution < -0.4 is 4.74 Å². The monoisotopic (exact) mass is 199 g/mol. The summed E-state index contributed by atoms with van der Waals surface area (Å²) in [6, 6.07) is 11.8. The highest BCUT2D eigenvalue weighted by molar-refractivity contribution is 5.90. The number of hydrogen-bond acceptors (Lipinski definition) is 3. The third kappa shape index (κ3) is 1.24. The molecule has 0 aliphatic carbocycles. The number of nitrogens with zero attached hydrogens (tertiary/aromatic N) is 1. The first-order valence-electron chi connectivity index (χ1n) is 4.70. The highest BCUT2D eigenvalue weighted by atomic mass is 16.6. The molecule has 3 aromatic rings. The number of benzene rings is 1. The largest absolute Gasteiger partial charge is 0.468 e. The van der Waals surface area contributed by atoms with Crippen LogP contribution >= 0.6 is 0 Å². The summed E-state index contributed by atoms with van der Waals surface area (Å²) in [5, 5.41) is 2.07. The molecular weight excluding hydrogens is 190 g/mol. The summed E-state index contributed by atoms with van der Waals surface area (Å²) in [5.41, 5.74) is 1.55. The van der Waals surface area contributed by atoms with Crippen LogP contribution in [0.2, 0.25) is 0 Å². The van der Waals surface area contributed by atoms with Crippen LogP contribution in [0, 0.1) is 0 Å². The number of ether oxygens (including phenoxy) is 1. The molecule has 0 aliphatic rings. The third-order valence-electron chi connectivity index (χ3n) is 2.39.